The van der Waals surface area contributed by atoms with E-state index in [0.717, 1.165) is 19.3 Å². The molecule has 0 radical (unpaired) electrons. The molecule has 0 spiro atoms. The van der Waals surface area contributed by atoms with Crippen LogP contribution in [-0.4, -0.2) is 13.2 Å². The summed E-state index contributed by atoms with van der Waals surface area (Å²) < 4.78 is 11.0. The predicted molar refractivity (Wildman–Crippen MR) is 83.5 cm³/mol. The normalized spacial score (nSPS) is 14.8. The molecule has 2 nitrogen and oxygen atoms in total. The van der Waals surface area contributed by atoms with E-state index in [1.165, 1.54) is 32.1 Å². The first-order chi connectivity index (χ1) is 8.12. The number of unbranched alkanes of at least 4 members (excludes halogenated alkanes) is 6. The standard InChI is InChI=1S/C12H27O2PS2/c1-3-5-7-8-9-10-12-14-15(16,17)13-11-6-4-2/h3-12H2,1-2H3,(H,16,17). The molecule has 0 bridgehead atoms. The van der Waals surface area contributed by atoms with Gasteiger partial charge in [0, 0.05) is 0 Å². The largest absolute Gasteiger partial charge is 0.322 e. The molecule has 104 valence electrons. The van der Waals surface area contributed by atoms with E-state index < -0.39 is 5.69 Å². The first-order valence-electron chi connectivity index (χ1n) is 6.74. The molecule has 0 aromatic rings. The first-order valence-corrected chi connectivity index (χ1v) is 10.5. The van der Waals surface area contributed by atoms with Crippen molar-refractivity contribution in [2.45, 2.75) is 65.2 Å². The number of thiol groups is 1. The molecule has 0 saturated heterocycles. The molecule has 0 aromatic heterocycles. The van der Waals surface area contributed by atoms with Gasteiger partial charge in [0.25, 0.3) is 0 Å². The van der Waals surface area contributed by atoms with Gasteiger partial charge in [-0.3, -0.25) is 0 Å². The Kier molecular flexibility index (Phi) is 12.6. The second kappa shape index (κ2) is 12.0. The van der Waals surface area contributed by atoms with E-state index in [-0.39, 0.29) is 0 Å². The lowest BCUT2D eigenvalue weighted by molar-refractivity contribution is 0.251. The van der Waals surface area contributed by atoms with Gasteiger partial charge in [0.05, 0.1) is 13.2 Å². The minimum Gasteiger partial charge on any atom is -0.322 e. The van der Waals surface area contributed by atoms with Gasteiger partial charge in [-0.25, -0.2) is 0 Å². The van der Waals surface area contributed by atoms with Crippen LogP contribution < -0.4 is 0 Å². The van der Waals surface area contributed by atoms with Gasteiger partial charge in [0.15, 0.2) is 0 Å². The van der Waals surface area contributed by atoms with Gasteiger partial charge in [-0.05, 0) is 24.6 Å². The van der Waals surface area contributed by atoms with Crippen molar-refractivity contribution in [1.82, 2.24) is 0 Å². The lowest BCUT2D eigenvalue weighted by Gasteiger charge is -2.16. The number of hydrogen-bond acceptors (Lipinski definition) is 3. The highest BCUT2D eigenvalue weighted by molar-refractivity contribution is 8.60. The van der Waals surface area contributed by atoms with E-state index in [0.29, 0.717) is 13.2 Å². The summed E-state index contributed by atoms with van der Waals surface area (Å²) in [5, 5.41) is 0. The lowest BCUT2D eigenvalue weighted by atomic mass is 10.1. The van der Waals surface area contributed by atoms with Gasteiger partial charge in [-0.15, -0.1) is 0 Å². The van der Waals surface area contributed by atoms with Gasteiger partial charge >= 0.3 is 0 Å². The first kappa shape index (κ1) is 17.9. The second-order valence-corrected chi connectivity index (χ2v) is 9.54. The Balaban J connectivity index is 3.36. The number of rotatable bonds is 12. The maximum atomic E-state index is 5.55. The van der Waals surface area contributed by atoms with Crippen molar-refractivity contribution >= 4 is 29.7 Å². The molecular formula is C12H27O2PS2. The molecule has 0 heterocycles. The van der Waals surface area contributed by atoms with Crippen LogP contribution in [0.5, 0.6) is 0 Å². The van der Waals surface area contributed by atoms with E-state index >= 15 is 0 Å². The average Bonchev–Trinajstić information content (AvgIpc) is 2.28. The predicted octanol–water partition coefficient (Wildman–Crippen LogP) is 5.33. The lowest BCUT2D eigenvalue weighted by Crippen LogP contribution is -1.95. The van der Waals surface area contributed by atoms with Crippen molar-refractivity contribution in [3.05, 3.63) is 0 Å². The molecule has 0 fully saturated rings. The van der Waals surface area contributed by atoms with Crippen LogP contribution in [0, 0.1) is 0 Å². The summed E-state index contributed by atoms with van der Waals surface area (Å²) in [5.74, 6) is 0. The highest BCUT2D eigenvalue weighted by atomic mass is 32.9. The Bertz CT molecular complexity index is 213. The van der Waals surface area contributed by atoms with Crippen molar-refractivity contribution in [2.75, 3.05) is 13.2 Å². The van der Waals surface area contributed by atoms with Crippen LogP contribution in [0.3, 0.4) is 0 Å². The van der Waals surface area contributed by atoms with Crippen LogP contribution in [0.25, 0.3) is 0 Å². The Morgan fingerprint density at radius 1 is 0.824 bits per heavy atom. The van der Waals surface area contributed by atoms with Crippen molar-refractivity contribution in [2.24, 2.45) is 0 Å². The summed E-state index contributed by atoms with van der Waals surface area (Å²) in [6.07, 6.45) is 9.68. The quantitative estimate of drug-likeness (QED) is 0.298. The molecule has 0 aliphatic carbocycles. The fraction of sp³-hybridized carbons (Fsp3) is 1.00. The van der Waals surface area contributed by atoms with Gasteiger partial charge in [0.2, 0.25) is 5.69 Å². The molecule has 0 aromatic carbocycles. The number of hydrogen-bond donors (Lipinski definition) is 1. The highest BCUT2D eigenvalue weighted by Gasteiger charge is 2.11. The molecule has 0 aliphatic heterocycles. The topological polar surface area (TPSA) is 18.5 Å². The Hall–Kier alpha value is 0.920. The van der Waals surface area contributed by atoms with Crippen LogP contribution in [-0.2, 0) is 20.9 Å². The van der Waals surface area contributed by atoms with Crippen LogP contribution >= 0.6 is 17.9 Å². The third-order valence-corrected chi connectivity index (χ3v) is 4.85. The van der Waals surface area contributed by atoms with Crippen molar-refractivity contribution < 1.29 is 9.05 Å². The Morgan fingerprint density at radius 3 is 1.88 bits per heavy atom. The zero-order chi connectivity index (χ0) is 13.0. The smallest absolute Gasteiger partial charge is 0.244 e. The zero-order valence-electron chi connectivity index (χ0n) is 11.2. The molecule has 0 rings (SSSR count). The molecular weight excluding hydrogens is 271 g/mol. The van der Waals surface area contributed by atoms with Gasteiger partial charge in [0.1, 0.15) is 0 Å². The van der Waals surface area contributed by atoms with Crippen LogP contribution in [0.2, 0.25) is 0 Å². The minimum absolute atomic E-state index is 0.674. The highest BCUT2D eigenvalue weighted by Crippen LogP contribution is 2.53. The van der Waals surface area contributed by atoms with Gasteiger partial charge in [-0.2, -0.15) is 0 Å². The fourth-order valence-corrected chi connectivity index (χ4v) is 3.16. The molecule has 0 amide bonds. The van der Waals surface area contributed by atoms with Crippen LogP contribution in [0.1, 0.15) is 65.2 Å². The van der Waals surface area contributed by atoms with E-state index in [1.54, 1.807) is 0 Å². The monoisotopic (exact) mass is 298 g/mol. The average molecular weight is 298 g/mol. The summed E-state index contributed by atoms with van der Waals surface area (Å²) >= 11 is 9.51. The zero-order valence-corrected chi connectivity index (χ0v) is 13.8. The summed E-state index contributed by atoms with van der Waals surface area (Å²) in [6, 6.07) is 0. The van der Waals surface area contributed by atoms with E-state index in [2.05, 4.69) is 26.1 Å². The van der Waals surface area contributed by atoms with Crippen LogP contribution in [0.4, 0.5) is 0 Å². The molecule has 0 aliphatic rings. The van der Waals surface area contributed by atoms with Crippen molar-refractivity contribution in [1.29, 1.82) is 0 Å². The van der Waals surface area contributed by atoms with E-state index in [4.69, 9.17) is 20.9 Å². The molecule has 17 heavy (non-hydrogen) atoms. The summed E-state index contributed by atoms with van der Waals surface area (Å²) in [4.78, 5) is 0. The maximum Gasteiger partial charge on any atom is 0.244 e. The minimum atomic E-state index is -2.26. The Labute approximate surface area is 117 Å². The molecule has 0 saturated carbocycles. The second-order valence-electron chi connectivity index (χ2n) is 4.26. The maximum absolute atomic E-state index is 5.55. The van der Waals surface area contributed by atoms with E-state index in [9.17, 15) is 0 Å². The summed E-state index contributed by atoms with van der Waals surface area (Å²) in [6.45, 7) is 5.73. The van der Waals surface area contributed by atoms with E-state index in [1.807, 2.05) is 0 Å². The summed E-state index contributed by atoms with van der Waals surface area (Å²) in [5.41, 5.74) is -2.26. The van der Waals surface area contributed by atoms with Gasteiger partial charge in [-0.1, -0.05) is 64.6 Å². The third-order valence-electron chi connectivity index (χ3n) is 2.50. The molecule has 1 unspecified atom stereocenters. The van der Waals surface area contributed by atoms with Crippen molar-refractivity contribution in [3.8, 4) is 0 Å². The van der Waals surface area contributed by atoms with Crippen LogP contribution in [0.15, 0.2) is 0 Å². The SMILES string of the molecule is CCCCCCCCOP(=S)(S)OCCCC. The van der Waals surface area contributed by atoms with Gasteiger partial charge < -0.3 is 9.05 Å². The third kappa shape index (κ3) is 13.2. The van der Waals surface area contributed by atoms with Crippen molar-refractivity contribution in [3.63, 3.8) is 0 Å². The Morgan fingerprint density at radius 2 is 1.29 bits per heavy atom. The molecule has 1 atom stereocenters. The molecule has 5 heteroatoms. The molecule has 0 N–H and O–H groups in total. The fourth-order valence-electron chi connectivity index (χ4n) is 1.42. The summed E-state index contributed by atoms with van der Waals surface area (Å²) in [7, 11) is 0.